The van der Waals surface area contributed by atoms with Gasteiger partial charge in [0.15, 0.2) is 0 Å². The Bertz CT molecular complexity index is 3450. The van der Waals surface area contributed by atoms with Gasteiger partial charge in [0.2, 0.25) is 0 Å². The van der Waals surface area contributed by atoms with Crippen LogP contribution in [-0.4, -0.2) is 6.71 Å². The molecule has 0 aromatic heterocycles. The van der Waals surface area contributed by atoms with E-state index in [1.165, 1.54) is 117 Å². The van der Waals surface area contributed by atoms with Gasteiger partial charge in [-0.25, -0.2) is 0 Å². The van der Waals surface area contributed by atoms with E-state index in [-0.39, 0.29) is 39.2 Å². The van der Waals surface area contributed by atoms with Gasteiger partial charge in [-0.3, -0.25) is 0 Å². The topological polar surface area (TPSA) is 6.48 Å². The lowest BCUT2D eigenvalue weighted by Crippen LogP contribution is -2.61. The molecule has 8 aromatic rings. The fraction of sp³-hybridized carbons (Fsp3) is 0.324. The van der Waals surface area contributed by atoms with Crippen molar-refractivity contribution in [1.82, 2.24) is 0 Å². The van der Waals surface area contributed by atoms with Crippen molar-refractivity contribution in [3.05, 3.63) is 197 Å². The highest BCUT2D eigenvalue weighted by Gasteiger charge is 2.49. The van der Waals surface area contributed by atoms with Gasteiger partial charge in [0, 0.05) is 34.0 Å². The number of hydrogen-bond donors (Lipinski definition) is 0. The number of nitrogens with zero attached hydrogens (tertiary/aromatic N) is 2. The van der Waals surface area contributed by atoms with E-state index in [0.717, 1.165) is 6.42 Å². The minimum Gasteiger partial charge on any atom is -0.311 e. The third-order valence-corrected chi connectivity index (χ3v) is 16.8. The fourth-order valence-corrected chi connectivity index (χ4v) is 12.8. The van der Waals surface area contributed by atoms with Crippen LogP contribution in [0.1, 0.15) is 151 Å². The quantitative estimate of drug-likeness (QED) is 0.159. The van der Waals surface area contributed by atoms with Crippen molar-refractivity contribution in [3.8, 4) is 33.4 Å². The van der Waals surface area contributed by atoms with E-state index in [9.17, 15) is 0 Å². The molecule has 374 valence electrons. The second-order valence-electron chi connectivity index (χ2n) is 27.5. The van der Waals surface area contributed by atoms with Crippen LogP contribution in [0.5, 0.6) is 0 Å². The van der Waals surface area contributed by atoms with Gasteiger partial charge in [0.05, 0.1) is 5.69 Å². The smallest absolute Gasteiger partial charge is 0.252 e. The highest BCUT2D eigenvalue weighted by atomic mass is 15.2. The summed E-state index contributed by atoms with van der Waals surface area (Å²) in [5, 5.41) is 0. The zero-order valence-corrected chi connectivity index (χ0v) is 47.3. The average Bonchev–Trinajstić information content (AvgIpc) is 3.53. The molecule has 2 nitrogen and oxygen atoms in total. The summed E-state index contributed by atoms with van der Waals surface area (Å²) in [4.78, 5) is 5.37. The van der Waals surface area contributed by atoms with Crippen LogP contribution in [0, 0.1) is 0 Å². The van der Waals surface area contributed by atoms with Crippen molar-refractivity contribution in [2.45, 2.75) is 150 Å². The molecule has 2 aliphatic heterocycles. The van der Waals surface area contributed by atoms with E-state index in [2.05, 4.69) is 284 Å². The van der Waals surface area contributed by atoms with Crippen LogP contribution in [-0.2, 0) is 32.5 Å². The van der Waals surface area contributed by atoms with Crippen molar-refractivity contribution in [2.24, 2.45) is 0 Å². The Labute approximate surface area is 445 Å². The van der Waals surface area contributed by atoms with Crippen molar-refractivity contribution in [3.63, 3.8) is 0 Å². The maximum absolute atomic E-state index is 2.72. The molecule has 0 bridgehead atoms. The molecule has 0 spiro atoms. The molecule has 0 radical (unpaired) electrons. The molecule has 74 heavy (non-hydrogen) atoms. The van der Waals surface area contributed by atoms with Gasteiger partial charge in [-0.15, -0.1) is 0 Å². The van der Waals surface area contributed by atoms with Gasteiger partial charge < -0.3 is 9.80 Å². The molecule has 8 aromatic carbocycles. The first kappa shape index (κ1) is 49.6. The van der Waals surface area contributed by atoms with Crippen LogP contribution in [0.3, 0.4) is 0 Å². The van der Waals surface area contributed by atoms with E-state index < -0.39 is 0 Å². The highest BCUT2D eigenvalue weighted by Crippen LogP contribution is 2.54. The van der Waals surface area contributed by atoms with Crippen LogP contribution in [0.2, 0.25) is 0 Å². The van der Waals surface area contributed by atoms with Gasteiger partial charge >= 0.3 is 0 Å². The molecule has 3 heteroatoms. The molecule has 2 heterocycles. The second kappa shape index (κ2) is 17.0. The number of hydrogen-bond acceptors (Lipinski definition) is 2. The maximum atomic E-state index is 2.72. The minimum atomic E-state index is -0.156. The first-order valence-corrected chi connectivity index (χ1v) is 27.3. The van der Waals surface area contributed by atoms with Crippen LogP contribution in [0.15, 0.2) is 164 Å². The monoisotopic (exact) mass is 969 g/mol. The third kappa shape index (κ3) is 8.44. The summed E-state index contributed by atoms with van der Waals surface area (Å²) in [5.74, 6) is 0. The van der Waals surface area contributed by atoms with Crippen LogP contribution in [0.4, 0.5) is 34.1 Å². The second-order valence-corrected chi connectivity index (χ2v) is 27.5. The Hall–Kier alpha value is -6.58. The zero-order chi connectivity index (χ0) is 52.7. The predicted molar refractivity (Wildman–Crippen MR) is 322 cm³/mol. The Morgan fingerprint density at radius 2 is 0.824 bits per heavy atom. The summed E-state index contributed by atoms with van der Waals surface area (Å²) in [6.45, 7) is 38.2. The summed E-state index contributed by atoms with van der Waals surface area (Å²) in [6.07, 6.45) is 1.10. The van der Waals surface area contributed by atoms with Crippen molar-refractivity contribution in [2.75, 3.05) is 9.80 Å². The van der Waals surface area contributed by atoms with E-state index in [0.29, 0.717) is 0 Å². The first-order valence-electron chi connectivity index (χ1n) is 27.3. The Balaban J connectivity index is 1.30. The molecule has 0 N–H and O–H groups in total. The normalized spacial score (nSPS) is 15.6. The molecular formula is C71H77BN2. The SMILES string of the molecule is CC(C)(C)c1cccc(N2c3cc(C(C)(C)C)ccc3B3c4cc5c(cc4N(c4ccc(C(C)(C)C)cc4-c4cc(-c6ccccc6)cc(-c6ccccc6)c4)c4cc(C(C)(C)C)cc2c43)C(C)(C)CC5(C)C)c1. The third-order valence-electron chi connectivity index (χ3n) is 16.8. The number of anilines is 6. The first-order chi connectivity index (χ1) is 34.7. The summed E-state index contributed by atoms with van der Waals surface area (Å²) in [5.41, 5.74) is 26.8. The lowest BCUT2D eigenvalue weighted by Gasteiger charge is -2.46. The molecule has 0 saturated carbocycles. The molecule has 0 fully saturated rings. The van der Waals surface area contributed by atoms with Gasteiger partial charge in [-0.2, -0.15) is 0 Å². The van der Waals surface area contributed by atoms with Crippen molar-refractivity contribution < 1.29 is 0 Å². The van der Waals surface area contributed by atoms with Crippen LogP contribution in [0.25, 0.3) is 33.4 Å². The Kier molecular flexibility index (Phi) is 11.4. The lowest BCUT2D eigenvalue weighted by molar-refractivity contribution is 0.403. The van der Waals surface area contributed by atoms with Gasteiger partial charge in [0.25, 0.3) is 6.71 Å². The summed E-state index contributed by atoms with van der Waals surface area (Å²) in [6, 6.07) is 63.9. The van der Waals surface area contributed by atoms with Crippen molar-refractivity contribution in [1.29, 1.82) is 0 Å². The lowest BCUT2D eigenvalue weighted by atomic mass is 9.33. The fourth-order valence-electron chi connectivity index (χ4n) is 12.8. The molecule has 0 unspecified atom stereocenters. The van der Waals surface area contributed by atoms with Crippen LogP contribution >= 0.6 is 0 Å². The predicted octanol–water partition coefficient (Wildman–Crippen LogP) is 17.9. The highest BCUT2D eigenvalue weighted by molar-refractivity contribution is 7.00. The molecular weight excluding hydrogens is 892 g/mol. The Morgan fingerprint density at radius 3 is 1.39 bits per heavy atom. The molecule has 3 aliphatic rings. The van der Waals surface area contributed by atoms with E-state index in [1.807, 2.05) is 0 Å². The molecule has 1 aliphatic carbocycles. The number of rotatable bonds is 5. The van der Waals surface area contributed by atoms with E-state index >= 15 is 0 Å². The average molecular weight is 969 g/mol. The molecule has 11 rings (SSSR count). The van der Waals surface area contributed by atoms with Crippen molar-refractivity contribution >= 4 is 57.2 Å². The summed E-state index contributed by atoms with van der Waals surface area (Å²) < 4.78 is 0. The standard InChI is InChI=1S/C71H77BN2/c1-66(2,3)50-28-23-29-54(37-50)73-61-39-52(68(7,8)9)30-32-58(61)72-59-42-56-57(71(15,16)44-70(56,13)14)43-62(59)74(64-41-53(69(10,11)12)40-63(73)65(64)72)60-33-31-51(67(4,5)6)38-55(60)49-35-47(45-24-19-17-20-25-45)34-48(36-49)46-26-21-18-22-27-46/h17-43H,44H2,1-16H3. The number of benzene rings is 8. The summed E-state index contributed by atoms with van der Waals surface area (Å²) >= 11 is 0. The zero-order valence-electron chi connectivity index (χ0n) is 47.3. The van der Waals surface area contributed by atoms with Gasteiger partial charge in [-0.05, 0) is 183 Å². The maximum Gasteiger partial charge on any atom is 0.252 e. The van der Waals surface area contributed by atoms with Gasteiger partial charge in [0.1, 0.15) is 0 Å². The van der Waals surface area contributed by atoms with Crippen LogP contribution < -0.4 is 26.2 Å². The number of fused-ring (bicyclic) bond motifs is 5. The molecule has 0 atom stereocenters. The van der Waals surface area contributed by atoms with Gasteiger partial charge in [-0.1, -0.05) is 208 Å². The molecule has 0 saturated heterocycles. The van der Waals surface area contributed by atoms with E-state index in [4.69, 9.17) is 0 Å². The Morgan fingerprint density at radius 1 is 0.351 bits per heavy atom. The molecule has 0 amide bonds. The van der Waals surface area contributed by atoms with E-state index in [1.54, 1.807) is 0 Å². The largest absolute Gasteiger partial charge is 0.311 e. The summed E-state index contributed by atoms with van der Waals surface area (Å²) in [7, 11) is 0. The minimum absolute atomic E-state index is 0.000428.